The lowest BCUT2D eigenvalue weighted by molar-refractivity contribution is -0.385. The molecule has 0 spiro atoms. The summed E-state index contributed by atoms with van der Waals surface area (Å²) in [5, 5.41) is 26.9. The first-order valence-corrected chi connectivity index (χ1v) is 18.6. The summed E-state index contributed by atoms with van der Waals surface area (Å²) in [5.41, 5.74) is 13.5. The van der Waals surface area contributed by atoms with Gasteiger partial charge in [-0.05, 0) is 109 Å². The second-order valence-corrected chi connectivity index (χ2v) is 13.9. The molecule has 0 amide bonds. The van der Waals surface area contributed by atoms with E-state index < -0.39 is 0 Å². The first kappa shape index (κ1) is 36.2. The summed E-state index contributed by atoms with van der Waals surface area (Å²) < 4.78 is 0. The third kappa shape index (κ3) is 5.47. The molecular weight excluding hydrogens is 677 g/mol. The first-order valence-electron chi connectivity index (χ1n) is 18.6. The number of hydrogen-bond acceptors (Lipinski definition) is 6. The zero-order valence-corrected chi connectivity index (χ0v) is 32.0. The Hall–Kier alpha value is -6.16. The third-order valence-electron chi connectivity index (χ3n) is 11.2. The van der Waals surface area contributed by atoms with Crippen LogP contribution in [0.15, 0.2) is 60.7 Å². The van der Waals surface area contributed by atoms with Crippen molar-refractivity contribution in [3.05, 3.63) is 126 Å². The van der Waals surface area contributed by atoms with Crippen molar-refractivity contribution in [2.24, 2.45) is 0 Å². The molecule has 2 N–H and O–H groups in total. The molecule has 5 aromatic rings. The van der Waals surface area contributed by atoms with Gasteiger partial charge in [-0.15, -0.1) is 0 Å². The molecule has 0 atom stereocenters. The molecule has 0 aliphatic carbocycles. The number of aromatic nitrogens is 4. The van der Waals surface area contributed by atoms with Gasteiger partial charge in [-0.2, -0.15) is 0 Å². The summed E-state index contributed by atoms with van der Waals surface area (Å²) in [6, 6.07) is 19.5. The summed E-state index contributed by atoms with van der Waals surface area (Å²) >= 11 is 0. The van der Waals surface area contributed by atoms with Crippen molar-refractivity contribution in [3.8, 4) is 22.3 Å². The molecule has 10 heteroatoms. The molecular formula is C44H44N6O4. The summed E-state index contributed by atoms with van der Waals surface area (Å²) in [4.78, 5) is 43.8. The van der Waals surface area contributed by atoms with Gasteiger partial charge in [-0.3, -0.25) is 20.2 Å². The van der Waals surface area contributed by atoms with Crippen LogP contribution in [-0.4, -0.2) is 29.8 Å². The molecule has 7 rings (SSSR count). The standard InChI is InChI=1S/C44H44N6O4/c1-9-29-23(5)35-33(27-19-15-13-16-20-27)36-25(7)31(11-3)41(47-36)44(50(53)54)42-32(12-4)26(8)38(48-42)34(28-21-17-14-18-22-28)37-24(6)30(10-2)40(46-37)43(49(51)52)39(29)45-35/h13-22,45-46H,9-12H2,1-8H3. The lowest BCUT2D eigenvalue weighted by Gasteiger charge is -2.08. The average molecular weight is 721 g/mol. The molecule has 0 unspecified atom stereocenters. The first-order chi connectivity index (χ1) is 26.0. The van der Waals surface area contributed by atoms with Gasteiger partial charge in [-0.1, -0.05) is 88.4 Å². The van der Waals surface area contributed by atoms with E-state index in [9.17, 15) is 20.2 Å². The number of rotatable bonds is 8. The van der Waals surface area contributed by atoms with E-state index in [2.05, 4.69) is 9.97 Å². The van der Waals surface area contributed by atoms with E-state index in [4.69, 9.17) is 9.97 Å². The second kappa shape index (κ2) is 14.0. The van der Waals surface area contributed by atoms with Crippen LogP contribution in [0.3, 0.4) is 0 Å². The average Bonchev–Trinajstić information content (AvgIpc) is 3.86. The fourth-order valence-electron chi connectivity index (χ4n) is 8.57. The molecule has 5 heterocycles. The maximum absolute atomic E-state index is 13.5. The highest BCUT2D eigenvalue weighted by atomic mass is 16.6. The minimum Gasteiger partial charge on any atom is -0.349 e. The highest BCUT2D eigenvalue weighted by Crippen LogP contribution is 2.48. The van der Waals surface area contributed by atoms with E-state index >= 15 is 0 Å². The molecule has 2 aliphatic heterocycles. The van der Waals surface area contributed by atoms with Gasteiger partial charge in [0.1, 0.15) is 22.4 Å². The quantitative estimate of drug-likeness (QED) is 0.121. The van der Waals surface area contributed by atoms with Crippen LogP contribution >= 0.6 is 0 Å². The molecule has 0 radical (unpaired) electrons. The van der Waals surface area contributed by atoms with E-state index in [1.165, 1.54) is 0 Å². The topological polar surface area (TPSA) is 144 Å². The second-order valence-electron chi connectivity index (χ2n) is 13.9. The molecule has 0 saturated heterocycles. The molecule has 0 fully saturated rings. The number of H-pyrrole nitrogens is 2. The number of fused-ring (bicyclic) bond motifs is 8. The van der Waals surface area contributed by atoms with Gasteiger partial charge >= 0.3 is 11.4 Å². The number of nitro groups is 2. The van der Waals surface area contributed by atoms with Gasteiger partial charge in [-0.25, -0.2) is 9.97 Å². The molecule has 54 heavy (non-hydrogen) atoms. The van der Waals surface area contributed by atoms with E-state index in [1.54, 1.807) is 0 Å². The van der Waals surface area contributed by atoms with Crippen molar-refractivity contribution in [3.63, 3.8) is 0 Å². The van der Waals surface area contributed by atoms with Crippen molar-refractivity contribution < 1.29 is 9.85 Å². The van der Waals surface area contributed by atoms with Crippen LogP contribution in [0.1, 0.15) is 99.4 Å². The number of hydrogen-bond donors (Lipinski definition) is 2. The zero-order valence-electron chi connectivity index (χ0n) is 32.0. The van der Waals surface area contributed by atoms with Crippen molar-refractivity contribution in [2.75, 3.05) is 0 Å². The summed E-state index contributed by atoms with van der Waals surface area (Å²) in [6.07, 6.45) is 2.07. The van der Waals surface area contributed by atoms with Gasteiger partial charge in [0.05, 0.1) is 32.3 Å². The Kier molecular flexibility index (Phi) is 9.39. The fourth-order valence-corrected chi connectivity index (χ4v) is 8.57. The SMILES string of the molecule is CCC1=C(C)c2nc1c([N+](=O)[O-])c1nc(c(-c3ccccc3)c3[nH]c(c(CC)c3C)c([N+](=O)[O-])c3[nH]c(c(C)c3CC)c2-c2ccccc2)C(C)=C1CC. The lowest BCUT2D eigenvalue weighted by Crippen LogP contribution is -1.99. The molecule has 2 aliphatic rings. The Balaban J connectivity index is 1.91. The number of allylic oxidation sites excluding steroid dienone is 4. The Morgan fingerprint density at radius 2 is 0.889 bits per heavy atom. The van der Waals surface area contributed by atoms with Gasteiger partial charge in [0.25, 0.3) is 0 Å². The number of benzene rings is 2. The van der Waals surface area contributed by atoms with Crippen LogP contribution in [0.2, 0.25) is 0 Å². The monoisotopic (exact) mass is 720 g/mol. The largest absolute Gasteiger partial charge is 0.349 e. The molecule has 2 aromatic carbocycles. The fraction of sp³-hybridized carbons (Fsp3) is 0.273. The number of nitrogens with one attached hydrogen (secondary N) is 2. The normalized spacial score (nSPS) is 12.9. The number of nitrogens with zero attached hydrogens (tertiary/aromatic N) is 4. The lowest BCUT2D eigenvalue weighted by atomic mass is 9.94. The predicted molar refractivity (Wildman–Crippen MR) is 219 cm³/mol. The van der Waals surface area contributed by atoms with Crippen LogP contribution in [0.5, 0.6) is 0 Å². The zero-order chi connectivity index (χ0) is 38.6. The number of aromatic amines is 2. The van der Waals surface area contributed by atoms with Crippen molar-refractivity contribution >= 4 is 55.7 Å². The summed E-state index contributed by atoms with van der Waals surface area (Å²) in [5.74, 6) is 0. The Bertz CT molecular complexity index is 2460. The summed E-state index contributed by atoms with van der Waals surface area (Å²) in [6.45, 7) is 15.9. The van der Waals surface area contributed by atoms with E-state index in [0.29, 0.717) is 70.5 Å². The van der Waals surface area contributed by atoms with Gasteiger partial charge in [0, 0.05) is 11.1 Å². The van der Waals surface area contributed by atoms with E-state index in [-0.39, 0.29) is 21.2 Å². The Morgan fingerprint density at radius 1 is 0.519 bits per heavy atom. The minimum atomic E-state index is -0.332. The number of aryl methyl sites for hydroxylation is 4. The van der Waals surface area contributed by atoms with Crippen molar-refractivity contribution in [2.45, 2.75) is 81.1 Å². The van der Waals surface area contributed by atoms with Gasteiger partial charge in [0.2, 0.25) is 0 Å². The molecule has 8 bridgehead atoms. The van der Waals surface area contributed by atoms with Gasteiger partial charge in [0.15, 0.2) is 0 Å². The minimum absolute atomic E-state index is 0.0347. The molecule has 10 nitrogen and oxygen atoms in total. The Labute approximate surface area is 314 Å². The van der Waals surface area contributed by atoms with Crippen molar-refractivity contribution in [1.29, 1.82) is 0 Å². The van der Waals surface area contributed by atoms with Gasteiger partial charge < -0.3 is 9.97 Å². The Morgan fingerprint density at radius 3 is 1.20 bits per heavy atom. The summed E-state index contributed by atoms with van der Waals surface area (Å²) in [7, 11) is 0. The molecule has 3 aromatic heterocycles. The smallest absolute Gasteiger partial charge is 0.320 e. The maximum Gasteiger partial charge on any atom is 0.320 e. The molecule has 274 valence electrons. The van der Waals surface area contributed by atoms with E-state index in [1.807, 2.05) is 116 Å². The van der Waals surface area contributed by atoms with Crippen LogP contribution < -0.4 is 0 Å². The van der Waals surface area contributed by atoms with Crippen LogP contribution in [0, 0.1) is 34.1 Å². The van der Waals surface area contributed by atoms with E-state index in [0.717, 1.165) is 66.8 Å². The highest BCUT2D eigenvalue weighted by molar-refractivity contribution is 6.06. The third-order valence-corrected chi connectivity index (χ3v) is 11.2. The van der Waals surface area contributed by atoms with Crippen LogP contribution in [0.4, 0.5) is 11.4 Å². The van der Waals surface area contributed by atoms with Crippen LogP contribution in [0.25, 0.3) is 66.6 Å². The van der Waals surface area contributed by atoms with Crippen LogP contribution in [-0.2, 0) is 12.8 Å². The van der Waals surface area contributed by atoms with Crippen molar-refractivity contribution in [1.82, 2.24) is 19.9 Å². The maximum atomic E-state index is 13.5. The molecule has 0 saturated carbocycles. The predicted octanol–water partition coefficient (Wildman–Crippen LogP) is 11.9. The highest BCUT2D eigenvalue weighted by Gasteiger charge is 2.35.